The van der Waals surface area contributed by atoms with Gasteiger partial charge in [-0.05, 0) is 42.9 Å². The highest BCUT2D eigenvalue weighted by Crippen LogP contribution is 2.07. The first kappa shape index (κ1) is 16.6. The molecule has 0 saturated carbocycles. The molecule has 4 heteroatoms. The largest absolute Gasteiger partial charge is 0.294 e. The Kier molecular flexibility index (Phi) is 8.63. The molecule has 0 saturated heterocycles. The summed E-state index contributed by atoms with van der Waals surface area (Å²) in [5.74, 6) is 2.25. The van der Waals surface area contributed by atoms with Crippen LogP contribution in [0.2, 0.25) is 0 Å². The summed E-state index contributed by atoms with van der Waals surface area (Å²) in [6, 6.07) is 3.81. The summed E-state index contributed by atoms with van der Waals surface area (Å²) < 4.78 is 0. The van der Waals surface area contributed by atoms with Crippen LogP contribution < -0.4 is 0 Å². The number of allylic oxidation sites excluding steroid dienone is 2. The lowest BCUT2D eigenvalue weighted by Crippen LogP contribution is -2.09. The molecule has 3 nitrogen and oxygen atoms in total. The van der Waals surface area contributed by atoms with Crippen LogP contribution in [0, 0.1) is 0 Å². The monoisotopic (exact) mass is 290 g/mol. The van der Waals surface area contributed by atoms with Crippen molar-refractivity contribution in [3.63, 3.8) is 0 Å². The predicted octanol–water partition coefficient (Wildman–Crippen LogP) is 3.55. The van der Waals surface area contributed by atoms with Crippen molar-refractivity contribution < 1.29 is 4.79 Å². The number of ketones is 1. The highest BCUT2D eigenvalue weighted by atomic mass is 32.2. The van der Waals surface area contributed by atoms with Gasteiger partial charge in [0.2, 0.25) is 0 Å². The van der Waals surface area contributed by atoms with Gasteiger partial charge in [0, 0.05) is 30.4 Å². The lowest BCUT2D eigenvalue weighted by atomic mass is 10.1. The van der Waals surface area contributed by atoms with Gasteiger partial charge >= 0.3 is 0 Å². The van der Waals surface area contributed by atoms with Crippen molar-refractivity contribution in [2.45, 2.75) is 26.7 Å². The van der Waals surface area contributed by atoms with Crippen molar-refractivity contribution in [2.24, 2.45) is 4.99 Å². The highest BCUT2D eigenvalue weighted by Gasteiger charge is 2.07. The van der Waals surface area contributed by atoms with Crippen LogP contribution in [-0.2, 0) is 4.79 Å². The first-order chi connectivity index (χ1) is 9.77. The van der Waals surface area contributed by atoms with Gasteiger partial charge in [-0.25, -0.2) is 0 Å². The molecule has 1 rings (SSSR count). The third-order valence-electron chi connectivity index (χ3n) is 2.59. The van der Waals surface area contributed by atoms with Gasteiger partial charge in [0.15, 0.2) is 5.78 Å². The third-order valence-corrected chi connectivity index (χ3v) is 3.76. The number of hydrogen-bond acceptors (Lipinski definition) is 4. The van der Waals surface area contributed by atoms with E-state index in [2.05, 4.69) is 16.9 Å². The van der Waals surface area contributed by atoms with E-state index in [1.807, 2.05) is 30.8 Å². The number of hydrogen-bond donors (Lipinski definition) is 0. The van der Waals surface area contributed by atoms with Gasteiger partial charge < -0.3 is 0 Å². The Morgan fingerprint density at radius 3 is 2.75 bits per heavy atom. The fourth-order valence-corrected chi connectivity index (χ4v) is 2.41. The number of aromatic nitrogens is 1. The zero-order valence-electron chi connectivity index (χ0n) is 12.2. The van der Waals surface area contributed by atoms with E-state index >= 15 is 0 Å². The molecule has 0 aliphatic rings. The highest BCUT2D eigenvalue weighted by molar-refractivity contribution is 7.99. The third kappa shape index (κ3) is 6.66. The molecular formula is C16H22N2OS. The van der Waals surface area contributed by atoms with Crippen molar-refractivity contribution in [3.8, 4) is 0 Å². The van der Waals surface area contributed by atoms with E-state index in [-0.39, 0.29) is 5.78 Å². The SMILES string of the molecule is CC=CC(=O)CC(=NCCSCCC)c1ccncc1. The van der Waals surface area contributed by atoms with E-state index < -0.39 is 0 Å². The van der Waals surface area contributed by atoms with Crippen LogP contribution in [0.1, 0.15) is 32.3 Å². The van der Waals surface area contributed by atoms with Crippen molar-refractivity contribution >= 4 is 23.3 Å². The molecular weight excluding hydrogens is 268 g/mol. The summed E-state index contributed by atoms with van der Waals surface area (Å²) in [6.07, 6.45) is 8.37. The van der Waals surface area contributed by atoms with Gasteiger partial charge in [0.05, 0.1) is 6.42 Å². The number of carbonyl (C=O) groups is 1. The first-order valence-electron chi connectivity index (χ1n) is 6.95. The van der Waals surface area contributed by atoms with E-state index in [4.69, 9.17) is 0 Å². The average molecular weight is 290 g/mol. The molecule has 0 atom stereocenters. The minimum atomic E-state index is 0.0873. The molecule has 1 aromatic heterocycles. The maximum atomic E-state index is 11.8. The number of thioether (sulfide) groups is 1. The second-order valence-electron chi connectivity index (χ2n) is 4.32. The first-order valence-corrected chi connectivity index (χ1v) is 8.10. The molecule has 108 valence electrons. The van der Waals surface area contributed by atoms with Crippen molar-refractivity contribution in [1.82, 2.24) is 4.98 Å². The fraction of sp³-hybridized carbons (Fsp3) is 0.438. The summed E-state index contributed by atoms with van der Waals surface area (Å²) in [6.45, 7) is 4.78. The summed E-state index contributed by atoms with van der Waals surface area (Å²) in [7, 11) is 0. The Bertz CT molecular complexity index is 455. The average Bonchev–Trinajstić information content (AvgIpc) is 2.47. The molecule has 0 N–H and O–H groups in total. The molecule has 0 aromatic carbocycles. The Morgan fingerprint density at radius 2 is 2.10 bits per heavy atom. The van der Waals surface area contributed by atoms with Gasteiger partial charge in [-0.2, -0.15) is 11.8 Å². The molecule has 0 spiro atoms. The van der Waals surface area contributed by atoms with E-state index in [9.17, 15) is 4.79 Å². The summed E-state index contributed by atoms with van der Waals surface area (Å²) >= 11 is 1.90. The van der Waals surface area contributed by atoms with Crippen LogP contribution in [0.15, 0.2) is 41.7 Å². The lowest BCUT2D eigenvalue weighted by molar-refractivity contribution is -0.113. The maximum Gasteiger partial charge on any atom is 0.161 e. The fourth-order valence-electron chi connectivity index (χ4n) is 1.69. The van der Waals surface area contributed by atoms with Crippen molar-refractivity contribution in [2.75, 3.05) is 18.1 Å². The lowest BCUT2D eigenvalue weighted by Gasteiger charge is -2.05. The molecule has 0 aliphatic carbocycles. The smallest absolute Gasteiger partial charge is 0.161 e. The van der Waals surface area contributed by atoms with Gasteiger partial charge in [0.1, 0.15) is 0 Å². The Labute approximate surface area is 125 Å². The van der Waals surface area contributed by atoms with Crippen molar-refractivity contribution in [3.05, 3.63) is 42.2 Å². The standard InChI is InChI=1S/C16H22N2OS/c1-3-5-15(19)13-16(14-6-8-17-9-7-14)18-10-12-20-11-4-2/h3,5-9H,4,10-13H2,1-2H3. The van der Waals surface area contributed by atoms with Crippen LogP contribution in [0.3, 0.4) is 0 Å². The topological polar surface area (TPSA) is 42.3 Å². The van der Waals surface area contributed by atoms with E-state index in [0.717, 1.165) is 29.3 Å². The summed E-state index contributed by atoms with van der Waals surface area (Å²) in [4.78, 5) is 20.4. The Hall–Kier alpha value is -1.42. The summed E-state index contributed by atoms with van der Waals surface area (Å²) in [5, 5.41) is 0. The molecule has 0 fully saturated rings. The Morgan fingerprint density at radius 1 is 1.35 bits per heavy atom. The minimum absolute atomic E-state index is 0.0873. The zero-order chi connectivity index (χ0) is 14.6. The maximum absolute atomic E-state index is 11.8. The van der Waals surface area contributed by atoms with Crippen LogP contribution in [0.4, 0.5) is 0 Å². The van der Waals surface area contributed by atoms with Crippen LogP contribution in [0.5, 0.6) is 0 Å². The van der Waals surface area contributed by atoms with Gasteiger partial charge in [-0.1, -0.05) is 13.0 Å². The summed E-state index contributed by atoms with van der Waals surface area (Å²) in [5.41, 5.74) is 1.84. The molecule has 1 aromatic rings. The number of rotatable bonds is 9. The predicted molar refractivity (Wildman–Crippen MR) is 87.7 cm³/mol. The molecule has 0 aliphatic heterocycles. The van der Waals surface area contributed by atoms with E-state index in [0.29, 0.717) is 6.42 Å². The molecule has 0 bridgehead atoms. The number of aliphatic imine (C=N–C) groups is 1. The van der Waals surface area contributed by atoms with Gasteiger partial charge in [-0.15, -0.1) is 0 Å². The van der Waals surface area contributed by atoms with Gasteiger partial charge in [-0.3, -0.25) is 14.8 Å². The molecule has 1 heterocycles. The molecule has 0 unspecified atom stereocenters. The second-order valence-corrected chi connectivity index (χ2v) is 5.54. The molecule has 0 radical (unpaired) electrons. The quantitative estimate of drug-likeness (QED) is 0.397. The van der Waals surface area contributed by atoms with Gasteiger partial charge in [0.25, 0.3) is 0 Å². The van der Waals surface area contributed by atoms with E-state index in [1.165, 1.54) is 6.42 Å². The number of carbonyl (C=O) groups excluding carboxylic acids is 1. The number of nitrogens with zero attached hydrogens (tertiary/aromatic N) is 2. The normalized spacial score (nSPS) is 12.0. The van der Waals surface area contributed by atoms with Crippen LogP contribution >= 0.6 is 11.8 Å². The molecule has 20 heavy (non-hydrogen) atoms. The van der Waals surface area contributed by atoms with Crippen LogP contribution in [0.25, 0.3) is 0 Å². The number of pyridine rings is 1. The van der Waals surface area contributed by atoms with Crippen molar-refractivity contribution in [1.29, 1.82) is 0 Å². The second kappa shape index (κ2) is 10.4. The Balaban J connectivity index is 2.69. The zero-order valence-corrected chi connectivity index (χ0v) is 13.0. The van der Waals surface area contributed by atoms with Crippen LogP contribution in [-0.4, -0.2) is 34.5 Å². The minimum Gasteiger partial charge on any atom is -0.294 e. The van der Waals surface area contributed by atoms with E-state index in [1.54, 1.807) is 24.5 Å². The molecule has 0 amide bonds.